The number of morpholine rings is 1. The highest BCUT2D eigenvalue weighted by molar-refractivity contribution is 9.10. The minimum Gasteiger partial charge on any atom is -0.506 e. The standard InChI is InChI=1S/C10H12BrNO2/c11-8-3-1-2-7(10(8)13)9-6-12-4-5-14-9/h1-3,9,12-13H,4-6H2. The first-order valence-corrected chi connectivity index (χ1v) is 5.38. The van der Waals surface area contributed by atoms with Gasteiger partial charge in [-0.25, -0.2) is 0 Å². The summed E-state index contributed by atoms with van der Waals surface area (Å²) in [5.41, 5.74) is 0.839. The van der Waals surface area contributed by atoms with E-state index in [-0.39, 0.29) is 11.9 Å². The Labute approximate surface area is 91.2 Å². The predicted octanol–water partition coefficient (Wildman–Crippen LogP) is 1.82. The third kappa shape index (κ3) is 1.92. The lowest BCUT2D eigenvalue weighted by Crippen LogP contribution is -2.33. The number of hydrogen-bond acceptors (Lipinski definition) is 3. The van der Waals surface area contributed by atoms with Crippen LogP contribution in [0.1, 0.15) is 11.7 Å². The highest BCUT2D eigenvalue weighted by atomic mass is 79.9. The van der Waals surface area contributed by atoms with Crippen LogP contribution in [0.5, 0.6) is 5.75 Å². The van der Waals surface area contributed by atoms with Gasteiger partial charge < -0.3 is 15.2 Å². The van der Waals surface area contributed by atoms with Crippen molar-refractivity contribution in [3.8, 4) is 5.75 Å². The van der Waals surface area contributed by atoms with Gasteiger partial charge in [0.15, 0.2) is 0 Å². The van der Waals surface area contributed by atoms with Gasteiger partial charge in [-0.1, -0.05) is 12.1 Å². The normalized spacial score (nSPS) is 22.2. The SMILES string of the molecule is Oc1c(Br)cccc1C1CNCCO1. The van der Waals surface area contributed by atoms with Crippen molar-refractivity contribution in [1.29, 1.82) is 0 Å². The lowest BCUT2D eigenvalue weighted by atomic mass is 10.1. The molecule has 1 aromatic carbocycles. The van der Waals surface area contributed by atoms with Crippen molar-refractivity contribution in [2.45, 2.75) is 6.10 Å². The Morgan fingerprint density at radius 1 is 1.50 bits per heavy atom. The third-order valence-electron chi connectivity index (χ3n) is 2.29. The largest absolute Gasteiger partial charge is 0.506 e. The van der Waals surface area contributed by atoms with Crippen molar-refractivity contribution in [3.63, 3.8) is 0 Å². The number of aromatic hydroxyl groups is 1. The van der Waals surface area contributed by atoms with Crippen LogP contribution in [0.15, 0.2) is 22.7 Å². The monoisotopic (exact) mass is 257 g/mol. The van der Waals surface area contributed by atoms with Gasteiger partial charge in [0.1, 0.15) is 5.75 Å². The average Bonchev–Trinajstić information content (AvgIpc) is 2.23. The number of phenolic OH excluding ortho intramolecular Hbond substituents is 1. The molecule has 0 radical (unpaired) electrons. The van der Waals surface area contributed by atoms with E-state index in [0.29, 0.717) is 11.1 Å². The molecule has 0 amide bonds. The smallest absolute Gasteiger partial charge is 0.135 e. The Hall–Kier alpha value is -0.580. The zero-order chi connectivity index (χ0) is 9.97. The molecule has 0 saturated carbocycles. The van der Waals surface area contributed by atoms with Crippen LogP contribution in [-0.2, 0) is 4.74 Å². The highest BCUT2D eigenvalue weighted by Gasteiger charge is 2.19. The zero-order valence-electron chi connectivity index (χ0n) is 7.66. The molecule has 1 heterocycles. The number of para-hydroxylation sites is 1. The molecule has 14 heavy (non-hydrogen) atoms. The van der Waals surface area contributed by atoms with Crippen molar-refractivity contribution in [2.24, 2.45) is 0 Å². The number of rotatable bonds is 1. The molecule has 1 unspecified atom stereocenters. The van der Waals surface area contributed by atoms with Crippen molar-refractivity contribution in [1.82, 2.24) is 5.32 Å². The van der Waals surface area contributed by atoms with Crippen LogP contribution in [0.2, 0.25) is 0 Å². The van der Waals surface area contributed by atoms with E-state index in [1.807, 2.05) is 18.2 Å². The molecule has 1 aliphatic rings. The molecule has 0 aliphatic carbocycles. The highest BCUT2D eigenvalue weighted by Crippen LogP contribution is 2.33. The van der Waals surface area contributed by atoms with Crippen molar-refractivity contribution in [2.75, 3.05) is 19.7 Å². The van der Waals surface area contributed by atoms with E-state index in [9.17, 15) is 5.11 Å². The lowest BCUT2D eigenvalue weighted by Gasteiger charge is -2.24. The van der Waals surface area contributed by atoms with Crippen molar-refractivity contribution < 1.29 is 9.84 Å². The van der Waals surface area contributed by atoms with Gasteiger partial charge in [0, 0.05) is 18.7 Å². The predicted molar refractivity (Wildman–Crippen MR) is 57.4 cm³/mol. The van der Waals surface area contributed by atoms with Crippen molar-refractivity contribution in [3.05, 3.63) is 28.2 Å². The number of ether oxygens (including phenoxy) is 1. The minimum atomic E-state index is -0.0405. The van der Waals surface area contributed by atoms with Gasteiger partial charge in [0.2, 0.25) is 0 Å². The molecule has 1 aromatic rings. The molecular formula is C10H12BrNO2. The molecule has 4 heteroatoms. The van der Waals surface area contributed by atoms with Crippen LogP contribution in [-0.4, -0.2) is 24.8 Å². The molecule has 1 saturated heterocycles. The van der Waals surface area contributed by atoms with Gasteiger partial charge in [-0.3, -0.25) is 0 Å². The maximum Gasteiger partial charge on any atom is 0.135 e. The van der Waals surface area contributed by atoms with E-state index in [1.165, 1.54) is 0 Å². The summed E-state index contributed by atoms with van der Waals surface area (Å²) < 4.78 is 6.27. The maximum atomic E-state index is 9.80. The summed E-state index contributed by atoms with van der Waals surface area (Å²) in [6.07, 6.45) is -0.0405. The second-order valence-electron chi connectivity index (χ2n) is 3.24. The second-order valence-corrected chi connectivity index (χ2v) is 4.10. The number of nitrogens with one attached hydrogen (secondary N) is 1. The summed E-state index contributed by atoms with van der Waals surface area (Å²) in [6, 6.07) is 5.60. The molecule has 1 fully saturated rings. The van der Waals surface area contributed by atoms with E-state index in [1.54, 1.807) is 0 Å². The molecule has 0 aromatic heterocycles. The van der Waals surface area contributed by atoms with Crippen LogP contribution in [0.4, 0.5) is 0 Å². The molecule has 0 bridgehead atoms. The van der Waals surface area contributed by atoms with E-state index < -0.39 is 0 Å². The average molecular weight is 258 g/mol. The fourth-order valence-corrected chi connectivity index (χ4v) is 1.94. The Bertz CT molecular complexity index is 324. The first-order valence-electron chi connectivity index (χ1n) is 4.59. The Kier molecular flexibility index (Phi) is 3.05. The topological polar surface area (TPSA) is 41.5 Å². The first kappa shape index (κ1) is 9.96. The van der Waals surface area contributed by atoms with Crippen molar-refractivity contribution >= 4 is 15.9 Å². The van der Waals surface area contributed by atoms with Gasteiger partial charge in [0.25, 0.3) is 0 Å². The van der Waals surface area contributed by atoms with Gasteiger partial charge in [-0.05, 0) is 22.0 Å². The zero-order valence-corrected chi connectivity index (χ0v) is 9.25. The molecule has 1 atom stereocenters. The maximum absolute atomic E-state index is 9.80. The quantitative estimate of drug-likeness (QED) is 0.807. The Balaban J connectivity index is 2.26. The summed E-state index contributed by atoms with van der Waals surface area (Å²) in [6.45, 7) is 2.33. The fraction of sp³-hybridized carbons (Fsp3) is 0.400. The molecule has 0 spiro atoms. The van der Waals surface area contributed by atoms with Crippen LogP contribution in [0.25, 0.3) is 0 Å². The summed E-state index contributed by atoms with van der Waals surface area (Å²) in [5.74, 6) is 0.279. The second kappa shape index (κ2) is 4.29. The molecule has 2 rings (SSSR count). The van der Waals surface area contributed by atoms with E-state index >= 15 is 0 Å². The number of halogens is 1. The first-order chi connectivity index (χ1) is 6.79. The summed E-state index contributed by atoms with van der Waals surface area (Å²) in [5, 5.41) is 13.0. The van der Waals surface area contributed by atoms with Gasteiger partial charge in [-0.15, -0.1) is 0 Å². The Morgan fingerprint density at radius 2 is 2.36 bits per heavy atom. The summed E-state index contributed by atoms with van der Waals surface area (Å²) in [7, 11) is 0. The molecule has 3 nitrogen and oxygen atoms in total. The molecule has 2 N–H and O–H groups in total. The third-order valence-corrected chi connectivity index (χ3v) is 2.93. The number of hydrogen-bond donors (Lipinski definition) is 2. The molecular weight excluding hydrogens is 246 g/mol. The van der Waals surface area contributed by atoms with Gasteiger partial charge >= 0.3 is 0 Å². The van der Waals surface area contributed by atoms with Gasteiger partial charge in [0.05, 0.1) is 17.2 Å². The minimum absolute atomic E-state index is 0.0405. The van der Waals surface area contributed by atoms with Crippen LogP contribution < -0.4 is 5.32 Å². The van der Waals surface area contributed by atoms with E-state index in [2.05, 4.69) is 21.2 Å². The number of phenols is 1. The fourth-order valence-electron chi connectivity index (χ4n) is 1.56. The molecule has 1 aliphatic heterocycles. The van der Waals surface area contributed by atoms with Gasteiger partial charge in [-0.2, -0.15) is 0 Å². The van der Waals surface area contributed by atoms with Crippen LogP contribution in [0, 0.1) is 0 Å². The lowest BCUT2D eigenvalue weighted by molar-refractivity contribution is 0.0262. The summed E-state index contributed by atoms with van der Waals surface area (Å²) >= 11 is 3.29. The van der Waals surface area contributed by atoms with Crippen LogP contribution >= 0.6 is 15.9 Å². The molecule has 76 valence electrons. The Morgan fingerprint density at radius 3 is 3.07 bits per heavy atom. The summed E-state index contributed by atoms with van der Waals surface area (Å²) in [4.78, 5) is 0. The number of benzene rings is 1. The van der Waals surface area contributed by atoms with E-state index in [0.717, 1.165) is 18.7 Å². The van der Waals surface area contributed by atoms with E-state index in [4.69, 9.17) is 4.74 Å². The van der Waals surface area contributed by atoms with Crippen LogP contribution in [0.3, 0.4) is 0 Å².